The minimum Gasteiger partial charge on any atom is -0.453 e. The first-order chi connectivity index (χ1) is 12.2. The highest BCUT2D eigenvalue weighted by molar-refractivity contribution is 7.99. The molecule has 0 unspecified atom stereocenters. The molecule has 3 heterocycles. The van der Waals surface area contributed by atoms with Gasteiger partial charge in [-0.2, -0.15) is 11.8 Å². The molecule has 3 aliphatic rings. The van der Waals surface area contributed by atoms with Crippen LogP contribution in [0.15, 0.2) is 24.3 Å². The summed E-state index contributed by atoms with van der Waals surface area (Å²) < 4.78 is 10.0. The minimum absolute atomic E-state index is 0.0780. The van der Waals surface area contributed by atoms with Crippen LogP contribution >= 0.6 is 11.8 Å². The largest absolute Gasteiger partial charge is 0.453 e. The molecule has 2 atom stereocenters. The number of cyclic esters (lactones) is 1. The van der Waals surface area contributed by atoms with Gasteiger partial charge in [0.15, 0.2) is 0 Å². The lowest BCUT2D eigenvalue weighted by Crippen LogP contribution is -2.40. The Hall–Kier alpha value is -2.15. The molecule has 6 nitrogen and oxygen atoms in total. The van der Waals surface area contributed by atoms with Gasteiger partial charge < -0.3 is 14.8 Å². The molecule has 7 heteroatoms. The summed E-state index contributed by atoms with van der Waals surface area (Å²) in [7, 11) is 1.31. The van der Waals surface area contributed by atoms with Crippen molar-refractivity contribution in [2.45, 2.75) is 25.0 Å². The summed E-state index contributed by atoms with van der Waals surface area (Å²) in [6.45, 7) is 0.253. The number of hydrogen-bond donors (Lipinski definition) is 1. The Kier molecular flexibility index (Phi) is 4.33. The maximum absolute atomic E-state index is 12.3. The average Bonchev–Trinajstić information content (AvgIpc) is 3.17. The molecule has 1 aromatic carbocycles. The first kappa shape index (κ1) is 16.3. The summed E-state index contributed by atoms with van der Waals surface area (Å²) >= 11 is 1.95. The molecule has 0 radical (unpaired) electrons. The van der Waals surface area contributed by atoms with Crippen LogP contribution < -0.4 is 10.2 Å². The molecule has 0 aromatic heterocycles. The molecule has 4 rings (SSSR count). The predicted molar refractivity (Wildman–Crippen MR) is 97.0 cm³/mol. The molecule has 25 heavy (non-hydrogen) atoms. The van der Waals surface area contributed by atoms with Crippen LogP contribution in [0.2, 0.25) is 0 Å². The number of methoxy groups -OCH3 is 1. The first-order valence-corrected chi connectivity index (χ1v) is 9.54. The average molecular weight is 360 g/mol. The molecule has 0 saturated carbocycles. The number of thioether (sulfide) groups is 1. The van der Waals surface area contributed by atoms with Gasteiger partial charge in [0.05, 0.1) is 25.4 Å². The molecule has 2 amide bonds. The quantitative estimate of drug-likeness (QED) is 0.898. The first-order valence-electron chi connectivity index (χ1n) is 8.39. The fourth-order valence-electron chi connectivity index (χ4n) is 3.70. The Labute approximate surface area is 150 Å². The van der Waals surface area contributed by atoms with E-state index in [1.165, 1.54) is 23.8 Å². The molecule has 0 bridgehead atoms. The molecular formula is C18H20N2O4S. The highest BCUT2D eigenvalue weighted by Gasteiger charge is 2.47. The maximum atomic E-state index is 12.3. The van der Waals surface area contributed by atoms with Crippen molar-refractivity contribution >= 4 is 35.2 Å². The van der Waals surface area contributed by atoms with Crippen LogP contribution in [0.3, 0.4) is 0 Å². The lowest BCUT2D eigenvalue weighted by atomic mass is 9.98. The summed E-state index contributed by atoms with van der Waals surface area (Å²) in [5.41, 5.74) is 4.73. The van der Waals surface area contributed by atoms with Gasteiger partial charge >= 0.3 is 12.2 Å². The zero-order chi connectivity index (χ0) is 17.4. The van der Waals surface area contributed by atoms with Crippen molar-refractivity contribution < 1.29 is 19.1 Å². The number of carbonyl (C=O) groups excluding carboxylic acids is 2. The number of carbonyl (C=O) groups is 2. The number of anilines is 1. The van der Waals surface area contributed by atoms with Gasteiger partial charge in [0, 0.05) is 5.75 Å². The molecule has 3 aliphatic heterocycles. The Morgan fingerprint density at radius 3 is 3.12 bits per heavy atom. The van der Waals surface area contributed by atoms with Crippen molar-refractivity contribution in [2.24, 2.45) is 0 Å². The second kappa shape index (κ2) is 6.63. The molecule has 132 valence electrons. The van der Waals surface area contributed by atoms with Crippen LogP contribution in [0.4, 0.5) is 15.3 Å². The van der Waals surface area contributed by atoms with Gasteiger partial charge in [0.1, 0.15) is 6.10 Å². The van der Waals surface area contributed by atoms with Crippen LogP contribution in [0.25, 0.3) is 5.57 Å². The zero-order valence-electron chi connectivity index (χ0n) is 14.0. The second-order valence-electron chi connectivity index (χ2n) is 6.33. The van der Waals surface area contributed by atoms with Gasteiger partial charge in [-0.15, -0.1) is 0 Å². The van der Waals surface area contributed by atoms with Gasteiger partial charge in [-0.3, -0.25) is 4.90 Å². The molecule has 1 fully saturated rings. The summed E-state index contributed by atoms with van der Waals surface area (Å²) in [6, 6.07) is 6.24. The lowest BCUT2D eigenvalue weighted by Gasteiger charge is -2.16. The van der Waals surface area contributed by atoms with E-state index in [1.807, 2.05) is 17.8 Å². The molecular weight excluding hydrogens is 340 g/mol. The Balaban J connectivity index is 1.54. The van der Waals surface area contributed by atoms with E-state index in [0.717, 1.165) is 30.0 Å². The summed E-state index contributed by atoms with van der Waals surface area (Å²) in [4.78, 5) is 25.3. The lowest BCUT2D eigenvalue weighted by molar-refractivity contribution is 0.123. The Morgan fingerprint density at radius 1 is 1.48 bits per heavy atom. The molecule has 0 aliphatic carbocycles. The highest BCUT2D eigenvalue weighted by Crippen LogP contribution is 2.40. The highest BCUT2D eigenvalue weighted by atomic mass is 32.2. The van der Waals surface area contributed by atoms with Gasteiger partial charge in [-0.25, -0.2) is 9.59 Å². The fraction of sp³-hybridized carbons (Fsp3) is 0.444. The van der Waals surface area contributed by atoms with E-state index in [0.29, 0.717) is 0 Å². The van der Waals surface area contributed by atoms with Crippen molar-refractivity contribution in [1.29, 1.82) is 0 Å². The van der Waals surface area contributed by atoms with E-state index in [1.54, 1.807) is 4.90 Å². The zero-order valence-corrected chi connectivity index (χ0v) is 14.8. The summed E-state index contributed by atoms with van der Waals surface area (Å²) in [5.74, 6) is 2.22. The third-order valence-corrected chi connectivity index (χ3v) is 5.84. The number of nitrogens with zero attached hydrogens (tertiary/aromatic N) is 1. The summed E-state index contributed by atoms with van der Waals surface area (Å²) in [6.07, 6.45) is 2.89. The van der Waals surface area contributed by atoms with E-state index < -0.39 is 6.09 Å². The van der Waals surface area contributed by atoms with Crippen molar-refractivity contribution in [3.8, 4) is 0 Å². The number of alkyl carbamates (subject to hydrolysis) is 1. The molecule has 1 N–H and O–H groups in total. The van der Waals surface area contributed by atoms with Gasteiger partial charge in [-0.1, -0.05) is 12.1 Å². The van der Waals surface area contributed by atoms with E-state index in [-0.39, 0.29) is 24.8 Å². The number of rotatable bonds is 3. The van der Waals surface area contributed by atoms with Crippen molar-refractivity contribution in [1.82, 2.24) is 5.32 Å². The van der Waals surface area contributed by atoms with Crippen molar-refractivity contribution in [3.05, 3.63) is 35.4 Å². The normalized spacial score (nSPS) is 24.3. The topological polar surface area (TPSA) is 67.9 Å². The SMILES string of the molecule is COC(=O)NC[C@@H]1OC(=O)N2c3ccc(C4=CCSCC4)cc3C[C@@H]12. The van der Waals surface area contributed by atoms with E-state index in [9.17, 15) is 9.59 Å². The number of allylic oxidation sites excluding steroid dienone is 1. The molecule has 1 aromatic rings. The van der Waals surface area contributed by atoms with Crippen LogP contribution in [-0.4, -0.2) is 49.5 Å². The second-order valence-corrected chi connectivity index (χ2v) is 7.48. The van der Waals surface area contributed by atoms with Gasteiger partial charge in [0.2, 0.25) is 0 Å². The van der Waals surface area contributed by atoms with Gasteiger partial charge in [-0.05, 0) is 47.4 Å². The third kappa shape index (κ3) is 2.97. The van der Waals surface area contributed by atoms with Crippen LogP contribution in [-0.2, 0) is 15.9 Å². The Morgan fingerprint density at radius 2 is 2.36 bits per heavy atom. The third-order valence-electron chi connectivity index (χ3n) is 4.94. The smallest absolute Gasteiger partial charge is 0.415 e. The van der Waals surface area contributed by atoms with E-state index in [4.69, 9.17) is 4.74 Å². The number of nitrogens with one attached hydrogen (secondary N) is 1. The Bertz CT molecular complexity index is 749. The monoisotopic (exact) mass is 360 g/mol. The summed E-state index contributed by atoms with van der Waals surface area (Å²) in [5, 5.41) is 2.62. The standard InChI is InChI=1S/C18H20N2O4S/c1-23-17(21)19-10-16-15-9-13-8-12(11-4-6-25-7-5-11)2-3-14(13)20(15)18(22)24-16/h2-4,8,15-16H,5-7,9-10H2,1H3,(H,19,21)/t15-,16-/m0/s1. The van der Waals surface area contributed by atoms with E-state index in [2.05, 4.69) is 28.3 Å². The van der Waals surface area contributed by atoms with Crippen molar-refractivity contribution in [2.75, 3.05) is 30.1 Å². The molecule has 1 saturated heterocycles. The maximum Gasteiger partial charge on any atom is 0.415 e. The number of amides is 2. The van der Waals surface area contributed by atoms with Crippen LogP contribution in [0.1, 0.15) is 17.5 Å². The van der Waals surface area contributed by atoms with Crippen LogP contribution in [0, 0.1) is 0 Å². The number of ether oxygens (including phenoxy) is 2. The van der Waals surface area contributed by atoms with Gasteiger partial charge in [0.25, 0.3) is 0 Å². The predicted octanol–water partition coefficient (Wildman–Crippen LogP) is 2.81. The fourth-order valence-corrected chi connectivity index (χ4v) is 4.55. The van der Waals surface area contributed by atoms with Crippen LogP contribution in [0.5, 0.6) is 0 Å². The molecule has 0 spiro atoms. The van der Waals surface area contributed by atoms with E-state index >= 15 is 0 Å². The minimum atomic E-state index is -0.519. The van der Waals surface area contributed by atoms with Crippen molar-refractivity contribution in [3.63, 3.8) is 0 Å². The number of benzene rings is 1. The number of hydrogen-bond acceptors (Lipinski definition) is 5. The number of fused-ring (bicyclic) bond motifs is 3.